The third kappa shape index (κ3) is 2.50. The van der Waals surface area contributed by atoms with Crippen LogP contribution in [-0.2, 0) is 4.74 Å². The van der Waals surface area contributed by atoms with Crippen molar-refractivity contribution < 1.29 is 23.4 Å². The van der Waals surface area contributed by atoms with Gasteiger partial charge in [-0.15, -0.1) is 0 Å². The Labute approximate surface area is 111 Å². The molecule has 0 bridgehead atoms. The van der Waals surface area contributed by atoms with Crippen LogP contribution in [0.5, 0.6) is 11.5 Å². The van der Waals surface area contributed by atoms with Gasteiger partial charge in [-0.3, -0.25) is 0 Å². The lowest BCUT2D eigenvalue weighted by atomic mass is 10.2. The molecule has 0 saturated carbocycles. The molecule has 0 atom stereocenters. The second kappa shape index (κ2) is 5.65. The number of fused-ring (bicyclic) bond motifs is 1. The molecule has 5 nitrogen and oxygen atoms in total. The smallest absolute Gasteiger partial charge is 0.378 e. The van der Waals surface area contributed by atoms with Gasteiger partial charge in [0.05, 0.1) is 25.7 Å². The molecular weight excluding hydrogens is 248 g/mol. The molecule has 0 aliphatic rings. The Morgan fingerprint density at radius 1 is 1.26 bits per heavy atom. The van der Waals surface area contributed by atoms with E-state index >= 15 is 0 Å². The van der Waals surface area contributed by atoms with E-state index in [2.05, 4.69) is 0 Å². The zero-order valence-corrected chi connectivity index (χ0v) is 11.2. The molecule has 0 fully saturated rings. The van der Waals surface area contributed by atoms with Gasteiger partial charge in [-0.1, -0.05) is 0 Å². The molecule has 2 rings (SSSR count). The van der Waals surface area contributed by atoms with Crippen molar-refractivity contribution in [1.29, 1.82) is 0 Å². The first-order valence-corrected chi connectivity index (χ1v) is 6.11. The molecule has 1 aromatic carbocycles. The number of rotatable bonds is 5. The molecule has 102 valence electrons. The monoisotopic (exact) mass is 264 g/mol. The van der Waals surface area contributed by atoms with Crippen LogP contribution in [-0.4, -0.2) is 26.3 Å². The van der Waals surface area contributed by atoms with Crippen LogP contribution in [0.15, 0.2) is 22.6 Å². The number of ether oxygens (including phenoxy) is 3. The van der Waals surface area contributed by atoms with Crippen molar-refractivity contribution >= 4 is 16.9 Å². The van der Waals surface area contributed by atoms with Crippen LogP contribution >= 0.6 is 0 Å². The Hall–Kier alpha value is -2.17. The Morgan fingerprint density at radius 2 is 2.05 bits per heavy atom. The van der Waals surface area contributed by atoms with Gasteiger partial charge in [0.25, 0.3) is 5.76 Å². The first-order valence-electron chi connectivity index (χ1n) is 6.11. The maximum absolute atomic E-state index is 11.8. The molecule has 1 heterocycles. The lowest BCUT2D eigenvalue weighted by molar-refractivity contribution is 0.0487. The maximum atomic E-state index is 11.8. The molecule has 0 N–H and O–H groups in total. The van der Waals surface area contributed by atoms with Gasteiger partial charge in [0.15, 0.2) is 5.75 Å². The summed E-state index contributed by atoms with van der Waals surface area (Å²) in [5, 5.41) is 0.698. The Morgan fingerprint density at radius 3 is 2.68 bits per heavy atom. The predicted molar refractivity (Wildman–Crippen MR) is 69.9 cm³/mol. The van der Waals surface area contributed by atoms with Crippen LogP contribution in [0, 0.1) is 0 Å². The number of benzene rings is 1. The third-order valence-electron chi connectivity index (χ3n) is 2.60. The molecule has 0 amide bonds. The second-order valence-electron chi connectivity index (χ2n) is 3.78. The summed E-state index contributed by atoms with van der Waals surface area (Å²) >= 11 is 0. The van der Waals surface area contributed by atoms with Crippen LogP contribution in [0.2, 0.25) is 0 Å². The molecule has 1 aromatic heterocycles. The zero-order chi connectivity index (χ0) is 13.8. The van der Waals surface area contributed by atoms with Crippen LogP contribution in [0.1, 0.15) is 24.4 Å². The standard InChI is InChI=1S/C14H16O5/c1-4-17-12-10-8-9(16-3)6-7-11(10)19-13(12)14(15)18-5-2/h6-8H,4-5H2,1-3H3. The van der Waals surface area contributed by atoms with Crippen LogP contribution in [0.25, 0.3) is 11.0 Å². The summed E-state index contributed by atoms with van der Waals surface area (Å²) in [6.45, 7) is 4.29. The highest BCUT2D eigenvalue weighted by Gasteiger charge is 2.23. The van der Waals surface area contributed by atoms with Gasteiger partial charge in [0.2, 0.25) is 0 Å². The van der Waals surface area contributed by atoms with Crippen molar-refractivity contribution in [2.75, 3.05) is 20.3 Å². The van der Waals surface area contributed by atoms with Crippen molar-refractivity contribution in [3.63, 3.8) is 0 Å². The zero-order valence-electron chi connectivity index (χ0n) is 11.2. The fraction of sp³-hybridized carbons (Fsp3) is 0.357. The maximum Gasteiger partial charge on any atom is 0.378 e. The number of methoxy groups -OCH3 is 1. The summed E-state index contributed by atoms with van der Waals surface area (Å²) in [6, 6.07) is 5.27. The first-order chi connectivity index (χ1) is 9.21. The van der Waals surface area contributed by atoms with Gasteiger partial charge in [0.1, 0.15) is 11.3 Å². The van der Waals surface area contributed by atoms with E-state index < -0.39 is 5.97 Å². The lowest BCUT2D eigenvalue weighted by Crippen LogP contribution is -2.05. The topological polar surface area (TPSA) is 57.9 Å². The molecule has 2 aromatic rings. The van der Waals surface area contributed by atoms with Crippen molar-refractivity contribution in [2.45, 2.75) is 13.8 Å². The number of hydrogen-bond acceptors (Lipinski definition) is 5. The number of carbonyl (C=O) groups is 1. The van der Waals surface area contributed by atoms with Gasteiger partial charge in [-0.25, -0.2) is 4.79 Å². The molecule has 0 saturated heterocycles. The minimum Gasteiger partial charge on any atom is -0.497 e. The highest BCUT2D eigenvalue weighted by atomic mass is 16.6. The SMILES string of the molecule is CCOC(=O)c1oc2ccc(OC)cc2c1OCC. The van der Waals surface area contributed by atoms with E-state index in [0.29, 0.717) is 29.1 Å². The number of furan rings is 1. The first kappa shape index (κ1) is 13.3. The van der Waals surface area contributed by atoms with Gasteiger partial charge < -0.3 is 18.6 Å². The summed E-state index contributed by atoms with van der Waals surface area (Å²) < 4.78 is 21.1. The number of esters is 1. The quantitative estimate of drug-likeness (QED) is 0.777. The average molecular weight is 264 g/mol. The van der Waals surface area contributed by atoms with E-state index in [9.17, 15) is 4.79 Å². The van der Waals surface area contributed by atoms with E-state index in [1.807, 2.05) is 6.92 Å². The van der Waals surface area contributed by atoms with E-state index in [1.54, 1.807) is 32.2 Å². The van der Waals surface area contributed by atoms with Gasteiger partial charge in [-0.2, -0.15) is 0 Å². The molecule has 0 aliphatic carbocycles. The molecule has 5 heteroatoms. The number of hydrogen-bond donors (Lipinski definition) is 0. The molecular formula is C14H16O5. The minimum absolute atomic E-state index is 0.0898. The molecule has 0 radical (unpaired) electrons. The molecule has 0 spiro atoms. The van der Waals surface area contributed by atoms with Crippen LogP contribution < -0.4 is 9.47 Å². The van der Waals surface area contributed by atoms with Crippen molar-refractivity contribution in [1.82, 2.24) is 0 Å². The van der Waals surface area contributed by atoms with Crippen molar-refractivity contribution in [3.05, 3.63) is 24.0 Å². The average Bonchev–Trinajstić information content (AvgIpc) is 2.78. The van der Waals surface area contributed by atoms with Crippen molar-refractivity contribution in [2.24, 2.45) is 0 Å². The third-order valence-corrected chi connectivity index (χ3v) is 2.60. The molecule has 19 heavy (non-hydrogen) atoms. The minimum atomic E-state index is -0.527. The van der Waals surface area contributed by atoms with Gasteiger partial charge >= 0.3 is 5.97 Å². The Kier molecular flexibility index (Phi) is 3.94. The predicted octanol–water partition coefficient (Wildman–Crippen LogP) is 3.02. The van der Waals surface area contributed by atoms with Crippen LogP contribution in [0.4, 0.5) is 0 Å². The van der Waals surface area contributed by atoms with E-state index in [-0.39, 0.29) is 12.4 Å². The highest BCUT2D eigenvalue weighted by molar-refractivity contribution is 5.99. The summed E-state index contributed by atoms with van der Waals surface area (Å²) in [4.78, 5) is 11.8. The Bertz CT molecular complexity index is 585. The fourth-order valence-corrected chi connectivity index (χ4v) is 1.80. The lowest BCUT2D eigenvalue weighted by Gasteiger charge is -2.04. The summed E-state index contributed by atoms with van der Waals surface area (Å²) in [5.41, 5.74) is 0.562. The fourth-order valence-electron chi connectivity index (χ4n) is 1.80. The van der Waals surface area contributed by atoms with Crippen LogP contribution in [0.3, 0.4) is 0 Å². The van der Waals surface area contributed by atoms with Gasteiger partial charge in [0, 0.05) is 0 Å². The number of carbonyl (C=O) groups excluding carboxylic acids is 1. The molecule has 0 aliphatic heterocycles. The highest BCUT2D eigenvalue weighted by Crippen LogP contribution is 2.35. The normalized spacial score (nSPS) is 10.5. The van der Waals surface area contributed by atoms with E-state index in [0.717, 1.165) is 0 Å². The van der Waals surface area contributed by atoms with E-state index in [4.69, 9.17) is 18.6 Å². The largest absolute Gasteiger partial charge is 0.497 e. The summed E-state index contributed by atoms with van der Waals surface area (Å²) in [5.74, 6) is 0.632. The second-order valence-corrected chi connectivity index (χ2v) is 3.78. The Balaban J connectivity index is 2.56. The summed E-state index contributed by atoms with van der Waals surface area (Å²) in [6.07, 6.45) is 0. The van der Waals surface area contributed by atoms with E-state index in [1.165, 1.54) is 0 Å². The summed E-state index contributed by atoms with van der Waals surface area (Å²) in [7, 11) is 1.58. The van der Waals surface area contributed by atoms with Crippen molar-refractivity contribution in [3.8, 4) is 11.5 Å². The molecule has 0 unspecified atom stereocenters. The van der Waals surface area contributed by atoms with Gasteiger partial charge in [-0.05, 0) is 32.0 Å².